The van der Waals surface area contributed by atoms with Crippen molar-refractivity contribution in [3.63, 3.8) is 0 Å². The van der Waals surface area contributed by atoms with E-state index < -0.39 is 0 Å². The molecule has 0 aliphatic carbocycles. The third kappa shape index (κ3) is 3.50. The van der Waals surface area contributed by atoms with E-state index in [4.69, 9.17) is 0 Å². The molecule has 0 saturated heterocycles. The van der Waals surface area contributed by atoms with E-state index >= 15 is 0 Å². The Balaban J connectivity index is 1.44. The molecule has 1 aromatic heterocycles. The molecule has 2 heterocycles. The zero-order valence-corrected chi connectivity index (χ0v) is 17.5. The van der Waals surface area contributed by atoms with Crippen molar-refractivity contribution in [1.82, 2.24) is 20.6 Å². The number of tetrazole rings is 1. The van der Waals surface area contributed by atoms with Crippen molar-refractivity contribution in [3.05, 3.63) is 83.9 Å². The number of hydrogen-bond acceptors (Lipinski definition) is 4. The third-order valence-corrected chi connectivity index (χ3v) is 5.95. The van der Waals surface area contributed by atoms with Gasteiger partial charge in [-0.2, -0.15) is 0 Å². The molecule has 0 spiro atoms. The molecule has 5 rings (SSSR count). The number of hydrogen-bond donors (Lipinski definition) is 1. The van der Waals surface area contributed by atoms with Crippen LogP contribution >= 0.6 is 0 Å². The molecule has 1 aliphatic heterocycles. The number of nitrogens with zero attached hydrogens (tertiary/aromatic N) is 4. The largest absolute Gasteiger partial charge is 0.308 e. The lowest BCUT2D eigenvalue weighted by atomic mass is 9.77. The van der Waals surface area contributed by atoms with Crippen LogP contribution in [-0.4, -0.2) is 26.5 Å². The number of H-pyrrole nitrogens is 1. The van der Waals surface area contributed by atoms with E-state index in [1.54, 1.807) is 0 Å². The average Bonchev–Trinajstić information content (AvgIpc) is 3.32. The molecule has 1 amide bonds. The van der Waals surface area contributed by atoms with Crippen LogP contribution in [-0.2, 0) is 16.8 Å². The number of para-hydroxylation sites is 1. The maximum Gasteiger partial charge on any atom is 0.228 e. The highest BCUT2D eigenvalue weighted by atomic mass is 16.2. The summed E-state index contributed by atoms with van der Waals surface area (Å²) in [5.41, 5.74) is 6.24. The first kappa shape index (κ1) is 19.2. The third-order valence-electron chi connectivity index (χ3n) is 5.95. The lowest BCUT2D eigenvalue weighted by Gasteiger charge is -2.38. The van der Waals surface area contributed by atoms with Crippen LogP contribution in [0.1, 0.15) is 31.4 Å². The summed E-state index contributed by atoms with van der Waals surface area (Å²) in [6.45, 7) is 4.83. The minimum Gasteiger partial charge on any atom is -0.308 e. The van der Waals surface area contributed by atoms with Crippen molar-refractivity contribution in [1.29, 1.82) is 0 Å². The number of nitrogens with one attached hydrogen (secondary N) is 1. The van der Waals surface area contributed by atoms with Gasteiger partial charge in [-0.15, -0.1) is 5.10 Å². The minimum absolute atomic E-state index is 0.146. The topological polar surface area (TPSA) is 74.8 Å². The molecule has 0 bridgehead atoms. The zero-order chi connectivity index (χ0) is 21.4. The van der Waals surface area contributed by atoms with Crippen LogP contribution in [0.15, 0.2) is 72.8 Å². The summed E-state index contributed by atoms with van der Waals surface area (Å²) < 4.78 is 0. The van der Waals surface area contributed by atoms with Gasteiger partial charge >= 0.3 is 0 Å². The summed E-state index contributed by atoms with van der Waals surface area (Å²) in [5, 5.41) is 14.3. The highest BCUT2D eigenvalue weighted by molar-refractivity contribution is 5.97. The Hall–Kier alpha value is -3.80. The SMILES string of the molecule is CC1(C)CC(=O)N(Cc2ccc(-c3ccccc3-c3nnn[nH]3)cc2)c2ccccc21. The van der Waals surface area contributed by atoms with E-state index in [1.165, 1.54) is 5.56 Å². The van der Waals surface area contributed by atoms with Crippen molar-refractivity contribution in [3.8, 4) is 22.5 Å². The van der Waals surface area contributed by atoms with Crippen LogP contribution in [0.5, 0.6) is 0 Å². The molecule has 0 saturated carbocycles. The smallest absolute Gasteiger partial charge is 0.228 e. The highest BCUT2D eigenvalue weighted by Crippen LogP contribution is 2.40. The summed E-state index contributed by atoms with van der Waals surface area (Å²) in [6, 6.07) is 24.6. The number of aromatic amines is 1. The zero-order valence-electron chi connectivity index (χ0n) is 17.5. The number of aromatic nitrogens is 4. The average molecular weight is 409 g/mol. The van der Waals surface area contributed by atoms with Crippen LogP contribution in [0.4, 0.5) is 5.69 Å². The van der Waals surface area contributed by atoms with Crippen LogP contribution in [0.2, 0.25) is 0 Å². The Bertz CT molecular complexity index is 1230. The predicted molar refractivity (Wildman–Crippen MR) is 120 cm³/mol. The molecule has 31 heavy (non-hydrogen) atoms. The molecule has 0 unspecified atom stereocenters. The van der Waals surface area contributed by atoms with Gasteiger partial charge in [0.2, 0.25) is 5.91 Å². The van der Waals surface area contributed by atoms with Gasteiger partial charge in [0.1, 0.15) is 0 Å². The van der Waals surface area contributed by atoms with E-state index in [1.807, 2.05) is 41.3 Å². The first-order valence-corrected chi connectivity index (χ1v) is 10.4. The molecule has 1 N–H and O–H groups in total. The second-order valence-corrected chi connectivity index (χ2v) is 8.55. The van der Waals surface area contributed by atoms with Crippen molar-refractivity contribution >= 4 is 11.6 Å². The van der Waals surface area contributed by atoms with Gasteiger partial charge in [-0.3, -0.25) is 4.79 Å². The summed E-state index contributed by atoms with van der Waals surface area (Å²) in [6.07, 6.45) is 0.515. The number of carbonyl (C=O) groups excluding carboxylic acids is 1. The second-order valence-electron chi connectivity index (χ2n) is 8.55. The van der Waals surface area contributed by atoms with Crippen molar-refractivity contribution < 1.29 is 4.79 Å². The fraction of sp³-hybridized carbons (Fsp3) is 0.200. The summed E-state index contributed by atoms with van der Waals surface area (Å²) in [5.74, 6) is 0.800. The molecular formula is C25H23N5O. The van der Waals surface area contributed by atoms with Crippen LogP contribution in [0.25, 0.3) is 22.5 Å². The number of amides is 1. The summed E-state index contributed by atoms with van der Waals surface area (Å²) >= 11 is 0. The highest BCUT2D eigenvalue weighted by Gasteiger charge is 2.36. The van der Waals surface area contributed by atoms with Crippen molar-refractivity contribution in [2.24, 2.45) is 0 Å². The molecule has 4 aromatic rings. The first-order chi connectivity index (χ1) is 15.0. The lowest BCUT2D eigenvalue weighted by Crippen LogP contribution is -2.41. The monoisotopic (exact) mass is 409 g/mol. The number of anilines is 1. The van der Waals surface area contributed by atoms with E-state index in [9.17, 15) is 4.79 Å². The minimum atomic E-state index is -0.146. The molecule has 0 radical (unpaired) electrons. The van der Waals surface area contributed by atoms with Gasteiger partial charge in [-0.1, -0.05) is 80.6 Å². The van der Waals surface area contributed by atoms with Gasteiger partial charge in [0.15, 0.2) is 5.82 Å². The quantitative estimate of drug-likeness (QED) is 0.528. The first-order valence-electron chi connectivity index (χ1n) is 10.4. The Kier molecular flexibility index (Phi) is 4.62. The van der Waals surface area contributed by atoms with Gasteiger partial charge in [0.05, 0.1) is 6.54 Å². The number of carbonyl (C=O) groups is 1. The normalized spacial score (nSPS) is 15.0. The summed E-state index contributed by atoms with van der Waals surface area (Å²) in [7, 11) is 0. The predicted octanol–water partition coefficient (Wildman–Crippen LogP) is 4.75. The standard InChI is InChI=1S/C25H23N5O/c1-25(2)15-23(31)30(22-10-6-5-9-21(22)25)16-17-11-13-18(14-12-17)19-7-3-4-8-20(19)24-26-28-29-27-24/h3-14H,15-16H2,1-2H3,(H,26,27,28,29). The Morgan fingerprint density at radius 1 is 0.935 bits per heavy atom. The van der Waals surface area contributed by atoms with Crippen molar-refractivity contribution in [2.45, 2.75) is 32.2 Å². The van der Waals surface area contributed by atoms with E-state index in [0.29, 0.717) is 18.8 Å². The fourth-order valence-corrected chi connectivity index (χ4v) is 4.34. The molecule has 0 atom stereocenters. The van der Waals surface area contributed by atoms with Gasteiger partial charge in [-0.05, 0) is 38.7 Å². The van der Waals surface area contributed by atoms with Gasteiger partial charge < -0.3 is 4.90 Å². The maximum atomic E-state index is 12.9. The molecule has 0 fully saturated rings. The number of rotatable bonds is 4. The van der Waals surface area contributed by atoms with E-state index in [-0.39, 0.29) is 11.3 Å². The molecule has 3 aromatic carbocycles. The Morgan fingerprint density at radius 3 is 2.39 bits per heavy atom. The number of fused-ring (bicyclic) bond motifs is 1. The Labute approximate surface area is 180 Å². The molecule has 6 heteroatoms. The van der Waals surface area contributed by atoms with E-state index in [2.05, 4.69) is 70.9 Å². The van der Waals surface area contributed by atoms with Crippen LogP contribution in [0.3, 0.4) is 0 Å². The van der Waals surface area contributed by atoms with Crippen molar-refractivity contribution in [2.75, 3.05) is 4.90 Å². The lowest BCUT2D eigenvalue weighted by molar-refractivity contribution is -0.120. The maximum absolute atomic E-state index is 12.9. The van der Waals surface area contributed by atoms with Crippen LogP contribution < -0.4 is 4.90 Å². The Morgan fingerprint density at radius 2 is 1.65 bits per heavy atom. The molecular weight excluding hydrogens is 386 g/mol. The molecule has 6 nitrogen and oxygen atoms in total. The summed E-state index contributed by atoms with van der Waals surface area (Å²) in [4.78, 5) is 14.9. The van der Waals surface area contributed by atoms with Gasteiger partial charge in [0, 0.05) is 23.1 Å². The van der Waals surface area contributed by atoms with Gasteiger partial charge in [-0.25, -0.2) is 5.10 Å². The van der Waals surface area contributed by atoms with Crippen LogP contribution in [0, 0.1) is 0 Å². The number of benzene rings is 3. The second kappa shape index (κ2) is 7.47. The fourth-order valence-electron chi connectivity index (χ4n) is 4.34. The van der Waals surface area contributed by atoms with Gasteiger partial charge in [0.25, 0.3) is 0 Å². The molecule has 1 aliphatic rings. The van der Waals surface area contributed by atoms with E-state index in [0.717, 1.165) is 27.9 Å². The molecule has 154 valence electrons.